The first-order chi connectivity index (χ1) is 8.61. The highest BCUT2D eigenvalue weighted by Crippen LogP contribution is 2.25. The van der Waals surface area contributed by atoms with Gasteiger partial charge in [-0.1, -0.05) is 30.7 Å². The minimum Gasteiger partial charge on any atom is -0.327 e. The van der Waals surface area contributed by atoms with Crippen molar-refractivity contribution in [1.82, 2.24) is 9.78 Å². The number of halogens is 1. The van der Waals surface area contributed by atoms with Gasteiger partial charge in [0.2, 0.25) is 0 Å². The molecule has 0 saturated carbocycles. The zero-order chi connectivity index (χ0) is 13.1. The van der Waals surface area contributed by atoms with Gasteiger partial charge >= 0.3 is 0 Å². The third-order valence-electron chi connectivity index (χ3n) is 3.02. The summed E-state index contributed by atoms with van der Waals surface area (Å²) in [5, 5.41) is 5.04. The van der Waals surface area contributed by atoms with E-state index in [1.165, 1.54) is 0 Å². The van der Waals surface area contributed by atoms with Crippen molar-refractivity contribution in [2.75, 3.05) is 0 Å². The lowest BCUT2D eigenvalue weighted by molar-refractivity contribution is 0.642. The minimum atomic E-state index is 0.152. The summed E-state index contributed by atoms with van der Waals surface area (Å²) in [6.45, 7) is 4.10. The van der Waals surface area contributed by atoms with E-state index >= 15 is 0 Å². The van der Waals surface area contributed by atoms with Crippen LogP contribution in [0.5, 0.6) is 0 Å². The van der Waals surface area contributed by atoms with Crippen molar-refractivity contribution in [3.8, 4) is 5.69 Å². The average molecular weight is 264 g/mol. The van der Waals surface area contributed by atoms with E-state index in [4.69, 9.17) is 17.3 Å². The molecule has 0 saturated heterocycles. The molecule has 0 radical (unpaired) electrons. The van der Waals surface area contributed by atoms with E-state index < -0.39 is 0 Å². The van der Waals surface area contributed by atoms with Gasteiger partial charge in [0.15, 0.2) is 0 Å². The van der Waals surface area contributed by atoms with Crippen LogP contribution in [-0.2, 0) is 6.42 Å². The average Bonchev–Trinajstić information content (AvgIpc) is 2.75. The van der Waals surface area contributed by atoms with Crippen LogP contribution in [0.3, 0.4) is 0 Å². The number of hydrogen-bond donors (Lipinski definition) is 1. The molecule has 2 aromatic rings. The molecule has 0 spiro atoms. The quantitative estimate of drug-likeness (QED) is 0.921. The predicted octanol–water partition coefficient (Wildman–Crippen LogP) is 3.11. The molecule has 0 amide bonds. The first-order valence-electron chi connectivity index (χ1n) is 6.16. The largest absolute Gasteiger partial charge is 0.327 e. The van der Waals surface area contributed by atoms with E-state index in [9.17, 15) is 0 Å². The van der Waals surface area contributed by atoms with Crippen molar-refractivity contribution >= 4 is 11.6 Å². The lowest BCUT2D eigenvalue weighted by Crippen LogP contribution is -2.22. The second kappa shape index (κ2) is 5.55. The highest BCUT2D eigenvalue weighted by atomic mass is 35.5. The van der Waals surface area contributed by atoms with Gasteiger partial charge in [-0.05, 0) is 37.0 Å². The normalized spacial score (nSPS) is 12.7. The van der Waals surface area contributed by atoms with Crippen LogP contribution in [0.2, 0.25) is 5.02 Å². The van der Waals surface area contributed by atoms with E-state index in [0.717, 1.165) is 29.7 Å². The summed E-state index contributed by atoms with van der Waals surface area (Å²) >= 11 is 6.30. The molecule has 3 nitrogen and oxygen atoms in total. The van der Waals surface area contributed by atoms with Crippen LogP contribution in [0.1, 0.15) is 24.5 Å². The standard InChI is InChI=1S/C14H18ClN3/c1-3-12(16)7-11-5-4-6-13(15)14(11)18-9-10(2)8-17-18/h4-6,8-9,12H,3,7,16H2,1-2H3. The van der Waals surface area contributed by atoms with Crippen LogP contribution in [0, 0.1) is 6.92 Å². The molecule has 4 heteroatoms. The van der Waals surface area contributed by atoms with Crippen LogP contribution in [0.25, 0.3) is 5.69 Å². The van der Waals surface area contributed by atoms with Crippen molar-refractivity contribution in [2.45, 2.75) is 32.7 Å². The summed E-state index contributed by atoms with van der Waals surface area (Å²) in [4.78, 5) is 0. The van der Waals surface area contributed by atoms with Gasteiger partial charge in [-0.3, -0.25) is 0 Å². The Hall–Kier alpha value is -1.32. The first-order valence-corrected chi connectivity index (χ1v) is 6.54. The number of benzene rings is 1. The third-order valence-corrected chi connectivity index (χ3v) is 3.32. The van der Waals surface area contributed by atoms with Crippen molar-refractivity contribution in [3.05, 3.63) is 46.7 Å². The van der Waals surface area contributed by atoms with Gasteiger partial charge in [0.1, 0.15) is 0 Å². The summed E-state index contributed by atoms with van der Waals surface area (Å²) in [5.74, 6) is 0. The Morgan fingerprint density at radius 2 is 2.22 bits per heavy atom. The second-order valence-electron chi connectivity index (χ2n) is 4.58. The van der Waals surface area contributed by atoms with Crippen LogP contribution in [0.4, 0.5) is 0 Å². The Balaban J connectivity index is 2.44. The minimum absolute atomic E-state index is 0.152. The summed E-state index contributed by atoms with van der Waals surface area (Å²) in [7, 11) is 0. The smallest absolute Gasteiger partial charge is 0.0864 e. The molecule has 96 valence electrons. The fraction of sp³-hybridized carbons (Fsp3) is 0.357. The number of nitrogens with two attached hydrogens (primary N) is 1. The maximum absolute atomic E-state index is 6.30. The molecule has 2 N–H and O–H groups in total. The van der Waals surface area contributed by atoms with Crippen molar-refractivity contribution < 1.29 is 0 Å². The highest BCUT2D eigenvalue weighted by molar-refractivity contribution is 6.32. The highest BCUT2D eigenvalue weighted by Gasteiger charge is 2.12. The Labute approximate surface area is 113 Å². The number of hydrogen-bond acceptors (Lipinski definition) is 2. The second-order valence-corrected chi connectivity index (χ2v) is 4.99. The van der Waals surface area contributed by atoms with Crippen LogP contribution < -0.4 is 5.73 Å². The number of aromatic nitrogens is 2. The Kier molecular flexibility index (Phi) is 4.04. The monoisotopic (exact) mass is 263 g/mol. The molecular weight excluding hydrogens is 246 g/mol. The molecule has 0 fully saturated rings. The summed E-state index contributed by atoms with van der Waals surface area (Å²) in [5.41, 5.74) is 9.23. The van der Waals surface area contributed by atoms with E-state index in [-0.39, 0.29) is 6.04 Å². The number of rotatable bonds is 4. The van der Waals surface area contributed by atoms with Gasteiger partial charge in [-0.25, -0.2) is 4.68 Å². The van der Waals surface area contributed by atoms with E-state index in [0.29, 0.717) is 5.02 Å². The molecule has 1 heterocycles. The topological polar surface area (TPSA) is 43.8 Å². The zero-order valence-corrected chi connectivity index (χ0v) is 11.5. The van der Waals surface area contributed by atoms with Crippen molar-refractivity contribution in [1.29, 1.82) is 0 Å². The van der Waals surface area contributed by atoms with Gasteiger partial charge in [0, 0.05) is 12.2 Å². The van der Waals surface area contributed by atoms with E-state index in [1.54, 1.807) is 0 Å². The molecule has 0 aliphatic carbocycles. The van der Waals surface area contributed by atoms with Crippen molar-refractivity contribution in [3.63, 3.8) is 0 Å². The molecular formula is C14H18ClN3. The fourth-order valence-corrected chi connectivity index (χ4v) is 2.22. The van der Waals surface area contributed by atoms with Gasteiger partial charge in [0.05, 0.1) is 16.9 Å². The summed E-state index contributed by atoms with van der Waals surface area (Å²) in [6.07, 6.45) is 5.56. The molecule has 18 heavy (non-hydrogen) atoms. The molecule has 2 rings (SSSR count). The Morgan fingerprint density at radius 1 is 1.44 bits per heavy atom. The number of para-hydroxylation sites is 1. The van der Waals surface area contributed by atoms with Gasteiger partial charge in [-0.2, -0.15) is 5.10 Å². The lowest BCUT2D eigenvalue weighted by Gasteiger charge is -2.14. The molecule has 1 aromatic heterocycles. The fourth-order valence-electron chi connectivity index (χ4n) is 1.94. The predicted molar refractivity (Wildman–Crippen MR) is 75.3 cm³/mol. The first kappa shape index (κ1) is 13.1. The molecule has 1 unspecified atom stereocenters. The third kappa shape index (κ3) is 2.74. The summed E-state index contributed by atoms with van der Waals surface area (Å²) in [6, 6.07) is 6.06. The number of nitrogens with zero attached hydrogens (tertiary/aromatic N) is 2. The molecule has 0 aliphatic heterocycles. The zero-order valence-electron chi connectivity index (χ0n) is 10.7. The van der Waals surface area contributed by atoms with Crippen LogP contribution in [-0.4, -0.2) is 15.8 Å². The maximum atomic E-state index is 6.30. The van der Waals surface area contributed by atoms with Gasteiger partial charge in [-0.15, -0.1) is 0 Å². The Bertz CT molecular complexity index is 534. The molecule has 0 aliphatic rings. The SMILES string of the molecule is CCC(N)Cc1cccc(Cl)c1-n1cc(C)cn1. The van der Waals surface area contributed by atoms with Gasteiger partial charge < -0.3 is 5.73 Å². The maximum Gasteiger partial charge on any atom is 0.0864 e. The van der Waals surface area contributed by atoms with Crippen LogP contribution >= 0.6 is 11.6 Å². The molecule has 0 bridgehead atoms. The van der Waals surface area contributed by atoms with E-state index in [2.05, 4.69) is 18.1 Å². The lowest BCUT2D eigenvalue weighted by atomic mass is 10.0. The van der Waals surface area contributed by atoms with E-state index in [1.807, 2.05) is 36.1 Å². The molecule has 1 atom stereocenters. The Morgan fingerprint density at radius 3 is 2.83 bits per heavy atom. The van der Waals surface area contributed by atoms with Crippen LogP contribution in [0.15, 0.2) is 30.6 Å². The van der Waals surface area contributed by atoms with Crippen molar-refractivity contribution in [2.24, 2.45) is 5.73 Å². The summed E-state index contributed by atoms with van der Waals surface area (Å²) < 4.78 is 1.83. The molecule has 1 aromatic carbocycles. The number of aryl methyl sites for hydroxylation is 1. The van der Waals surface area contributed by atoms with Gasteiger partial charge in [0.25, 0.3) is 0 Å².